The number of carbonyl (C=O) groups is 2. The van der Waals surface area contributed by atoms with Gasteiger partial charge in [-0.25, -0.2) is 9.59 Å². The zero-order valence-corrected chi connectivity index (χ0v) is 10.5. The largest absolute Gasteiger partial charge is 0.480 e. The van der Waals surface area contributed by atoms with E-state index in [0.717, 1.165) is 4.90 Å². The van der Waals surface area contributed by atoms with Crippen molar-refractivity contribution < 1.29 is 19.8 Å². The Morgan fingerprint density at radius 1 is 1.35 bits per heavy atom. The molecule has 20 heavy (non-hydrogen) atoms. The summed E-state index contributed by atoms with van der Waals surface area (Å²) < 4.78 is 0. The highest BCUT2D eigenvalue weighted by Crippen LogP contribution is 2.20. The number of carbonyl (C=O) groups excluding carboxylic acids is 1. The highest BCUT2D eigenvalue weighted by atomic mass is 16.4. The molecule has 0 aromatic heterocycles. The Labute approximate surface area is 115 Å². The van der Waals surface area contributed by atoms with Gasteiger partial charge in [-0.15, -0.1) is 0 Å². The maximum absolute atomic E-state index is 12.0. The van der Waals surface area contributed by atoms with E-state index < -0.39 is 24.1 Å². The lowest BCUT2D eigenvalue weighted by Crippen LogP contribution is -2.43. The summed E-state index contributed by atoms with van der Waals surface area (Å²) in [5, 5.41) is 29.7. The number of likely N-dealkylation sites (tertiary alicyclic amines) is 1. The van der Waals surface area contributed by atoms with Crippen LogP contribution >= 0.6 is 0 Å². The molecule has 0 spiro atoms. The molecule has 1 heterocycles. The number of carboxylic acids is 1. The number of nitriles is 1. The van der Waals surface area contributed by atoms with E-state index in [1.165, 1.54) is 0 Å². The average molecular weight is 275 g/mol. The second-order valence-electron chi connectivity index (χ2n) is 4.52. The Kier molecular flexibility index (Phi) is 3.86. The van der Waals surface area contributed by atoms with Gasteiger partial charge < -0.3 is 20.4 Å². The van der Waals surface area contributed by atoms with Crippen LogP contribution in [-0.4, -0.2) is 45.8 Å². The molecule has 1 fully saturated rings. The predicted octanol–water partition coefficient (Wildman–Crippen LogP) is 0.610. The van der Waals surface area contributed by atoms with Crippen molar-refractivity contribution >= 4 is 17.7 Å². The van der Waals surface area contributed by atoms with Crippen molar-refractivity contribution in [3.63, 3.8) is 0 Å². The summed E-state index contributed by atoms with van der Waals surface area (Å²) in [5.74, 6) is -1.14. The van der Waals surface area contributed by atoms with Crippen LogP contribution in [0.1, 0.15) is 12.0 Å². The maximum atomic E-state index is 12.0. The van der Waals surface area contributed by atoms with Gasteiger partial charge in [0.1, 0.15) is 6.04 Å². The van der Waals surface area contributed by atoms with Crippen molar-refractivity contribution in [1.29, 1.82) is 5.26 Å². The molecule has 0 unspecified atom stereocenters. The van der Waals surface area contributed by atoms with Crippen LogP contribution in [0, 0.1) is 11.3 Å². The van der Waals surface area contributed by atoms with Crippen molar-refractivity contribution in [2.75, 3.05) is 11.9 Å². The van der Waals surface area contributed by atoms with Crippen molar-refractivity contribution in [3.8, 4) is 6.07 Å². The van der Waals surface area contributed by atoms with E-state index in [4.69, 9.17) is 10.4 Å². The number of rotatable bonds is 2. The summed E-state index contributed by atoms with van der Waals surface area (Å²) >= 11 is 0. The Morgan fingerprint density at radius 3 is 2.55 bits per heavy atom. The number of amides is 2. The maximum Gasteiger partial charge on any atom is 0.326 e. The summed E-state index contributed by atoms with van der Waals surface area (Å²) in [5.41, 5.74) is 0.919. The minimum atomic E-state index is -1.14. The molecule has 7 heteroatoms. The van der Waals surface area contributed by atoms with E-state index in [9.17, 15) is 14.7 Å². The van der Waals surface area contributed by atoms with Crippen molar-refractivity contribution in [3.05, 3.63) is 29.8 Å². The summed E-state index contributed by atoms with van der Waals surface area (Å²) in [6.45, 7) is -0.0148. The van der Waals surface area contributed by atoms with Crippen molar-refractivity contribution in [1.82, 2.24) is 4.90 Å². The smallest absolute Gasteiger partial charge is 0.326 e. The van der Waals surface area contributed by atoms with Crippen LogP contribution in [-0.2, 0) is 4.79 Å². The molecule has 1 aromatic rings. The number of hydrogen-bond donors (Lipinski definition) is 3. The van der Waals surface area contributed by atoms with Crippen LogP contribution in [0.15, 0.2) is 24.3 Å². The number of benzene rings is 1. The van der Waals surface area contributed by atoms with Gasteiger partial charge in [0.05, 0.1) is 17.7 Å². The molecular formula is C13H13N3O4. The van der Waals surface area contributed by atoms with E-state index in [0.29, 0.717) is 11.3 Å². The molecule has 2 rings (SSSR count). The van der Waals surface area contributed by atoms with Crippen molar-refractivity contribution in [2.45, 2.75) is 18.6 Å². The Morgan fingerprint density at radius 2 is 2.00 bits per heavy atom. The fourth-order valence-corrected chi connectivity index (χ4v) is 2.10. The number of anilines is 1. The van der Waals surface area contributed by atoms with Crippen LogP contribution in [0.3, 0.4) is 0 Å². The summed E-state index contributed by atoms with van der Waals surface area (Å²) in [7, 11) is 0. The first-order valence-corrected chi connectivity index (χ1v) is 6.00. The second kappa shape index (κ2) is 5.59. The Hall–Kier alpha value is -2.59. The number of β-amino-alcohol motifs (C(OH)–C–C–N with tert-alkyl or cyclic N) is 1. The number of aliphatic hydroxyl groups excluding tert-OH is 1. The molecule has 3 N–H and O–H groups in total. The molecule has 1 aliphatic rings. The number of aliphatic carboxylic acids is 1. The zero-order chi connectivity index (χ0) is 14.7. The highest BCUT2D eigenvalue weighted by molar-refractivity contribution is 5.92. The SMILES string of the molecule is N#Cc1ccc(NC(=O)N2C[C@H](O)C[C@H]2C(=O)O)cc1. The monoisotopic (exact) mass is 275 g/mol. The van der Waals surface area contributed by atoms with Crippen molar-refractivity contribution in [2.24, 2.45) is 0 Å². The molecular weight excluding hydrogens is 262 g/mol. The van der Waals surface area contributed by atoms with Crippen LogP contribution in [0.5, 0.6) is 0 Å². The lowest BCUT2D eigenvalue weighted by molar-refractivity contribution is -0.141. The van der Waals surface area contributed by atoms with E-state index in [-0.39, 0.29) is 13.0 Å². The summed E-state index contributed by atoms with van der Waals surface area (Å²) in [6, 6.07) is 6.55. The average Bonchev–Trinajstić information content (AvgIpc) is 2.82. The number of aliphatic hydroxyl groups is 1. The van der Waals surface area contributed by atoms with Crippen LogP contribution < -0.4 is 5.32 Å². The molecule has 0 bridgehead atoms. The van der Waals surface area contributed by atoms with Gasteiger partial charge in [-0.3, -0.25) is 0 Å². The van der Waals surface area contributed by atoms with Gasteiger partial charge >= 0.3 is 12.0 Å². The second-order valence-corrected chi connectivity index (χ2v) is 4.52. The molecule has 1 saturated heterocycles. The Bertz CT molecular complexity index is 564. The third kappa shape index (κ3) is 2.87. The predicted molar refractivity (Wildman–Crippen MR) is 68.9 cm³/mol. The van der Waals surface area contributed by atoms with Crippen LogP contribution in [0.25, 0.3) is 0 Å². The first-order chi connectivity index (χ1) is 9.51. The van der Waals surface area contributed by atoms with E-state index >= 15 is 0 Å². The third-order valence-corrected chi connectivity index (χ3v) is 3.09. The number of hydrogen-bond acceptors (Lipinski definition) is 4. The van der Waals surface area contributed by atoms with E-state index in [1.54, 1.807) is 24.3 Å². The standard InChI is InChI=1S/C13H13N3O4/c14-6-8-1-3-9(4-2-8)15-13(20)16-7-10(17)5-11(16)12(18)19/h1-4,10-11,17H,5,7H2,(H,15,20)(H,18,19)/t10-,11+/m1/s1. The summed E-state index contributed by atoms with van der Waals surface area (Å²) in [4.78, 5) is 24.1. The fourth-order valence-electron chi connectivity index (χ4n) is 2.10. The van der Waals surface area contributed by atoms with E-state index in [1.807, 2.05) is 6.07 Å². The number of nitrogens with one attached hydrogen (secondary N) is 1. The number of urea groups is 1. The number of nitrogens with zero attached hydrogens (tertiary/aromatic N) is 2. The van der Waals surface area contributed by atoms with Gasteiger partial charge in [0.15, 0.2) is 0 Å². The lowest BCUT2D eigenvalue weighted by Gasteiger charge is -2.21. The molecule has 2 amide bonds. The van der Waals surface area contributed by atoms with Gasteiger partial charge in [0, 0.05) is 18.7 Å². The van der Waals surface area contributed by atoms with Gasteiger partial charge in [0.25, 0.3) is 0 Å². The molecule has 104 valence electrons. The normalized spacial score (nSPS) is 21.3. The molecule has 2 atom stereocenters. The highest BCUT2D eigenvalue weighted by Gasteiger charge is 2.38. The topological polar surface area (TPSA) is 114 Å². The van der Waals surface area contributed by atoms with Gasteiger partial charge in [-0.05, 0) is 24.3 Å². The lowest BCUT2D eigenvalue weighted by atomic mass is 10.2. The zero-order valence-electron chi connectivity index (χ0n) is 10.5. The first kappa shape index (κ1) is 13.8. The van der Waals surface area contributed by atoms with Gasteiger partial charge in [-0.1, -0.05) is 0 Å². The van der Waals surface area contributed by atoms with Crippen LogP contribution in [0.4, 0.5) is 10.5 Å². The number of carboxylic acid groups (broad SMARTS) is 1. The molecule has 0 saturated carbocycles. The Balaban J connectivity index is 2.07. The molecule has 0 aliphatic carbocycles. The van der Waals surface area contributed by atoms with Gasteiger partial charge in [0.2, 0.25) is 0 Å². The molecule has 1 aliphatic heterocycles. The quantitative estimate of drug-likeness (QED) is 0.731. The first-order valence-electron chi connectivity index (χ1n) is 6.00. The van der Waals surface area contributed by atoms with Gasteiger partial charge in [-0.2, -0.15) is 5.26 Å². The minimum Gasteiger partial charge on any atom is -0.480 e. The molecule has 0 radical (unpaired) electrons. The van der Waals surface area contributed by atoms with E-state index in [2.05, 4.69) is 5.32 Å². The minimum absolute atomic E-state index is 0.0148. The third-order valence-electron chi connectivity index (χ3n) is 3.09. The molecule has 7 nitrogen and oxygen atoms in total. The molecule has 1 aromatic carbocycles. The van der Waals surface area contributed by atoms with Crippen LogP contribution in [0.2, 0.25) is 0 Å². The summed E-state index contributed by atoms with van der Waals surface area (Å²) in [6.07, 6.45) is -0.807. The fraction of sp³-hybridized carbons (Fsp3) is 0.308.